The summed E-state index contributed by atoms with van der Waals surface area (Å²) in [5.41, 5.74) is 0.134. The van der Waals surface area contributed by atoms with Crippen LogP contribution in [0.25, 0.3) is 0 Å². The monoisotopic (exact) mass is 236 g/mol. The van der Waals surface area contributed by atoms with Gasteiger partial charge in [0.15, 0.2) is 0 Å². The van der Waals surface area contributed by atoms with Crippen LogP contribution in [0.3, 0.4) is 0 Å². The van der Waals surface area contributed by atoms with Crippen molar-refractivity contribution in [3.8, 4) is 0 Å². The maximum Gasteiger partial charge on any atom is 0.115 e. The van der Waals surface area contributed by atoms with Gasteiger partial charge in [-0.05, 0) is 40.2 Å². The summed E-state index contributed by atoms with van der Waals surface area (Å²) in [6, 6.07) is 1.76. The predicted octanol–water partition coefficient (Wildman–Crippen LogP) is 2.10. The minimum atomic E-state index is -0.602. The van der Waals surface area contributed by atoms with Crippen LogP contribution in [-0.2, 0) is 4.74 Å². The Labute approximate surface area is 102 Å². The molecule has 94 valence electrons. The lowest BCUT2D eigenvalue weighted by Crippen LogP contribution is -2.32. The first-order valence-corrected chi connectivity index (χ1v) is 5.96. The molecule has 0 radical (unpaired) electrons. The predicted molar refractivity (Wildman–Crippen MR) is 64.3 cm³/mol. The molecule has 0 saturated carbocycles. The van der Waals surface area contributed by atoms with Crippen LogP contribution in [0.5, 0.6) is 0 Å². The van der Waals surface area contributed by atoms with Crippen LogP contribution < -0.4 is 0 Å². The number of aromatic nitrogens is 2. The summed E-state index contributed by atoms with van der Waals surface area (Å²) in [7, 11) is 0. The number of aliphatic hydroxyl groups is 1. The molecule has 1 aromatic heterocycles. The summed E-state index contributed by atoms with van der Waals surface area (Å²) in [6.45, 7) is 8.16. The van der Waals surface area contributed by atoms with Crippen molar-refractivity contribution in [3.05, 3.63) is 24.3 Å². The largest absolute Gasteiger partial charge is 0.386 e. The molecular weight excluding hydrogens is 216 g/mol. The highest BCUT2D eigenvalue weighted by atomic mass is 16.5. The summed E-state index contributed by atoms with van der Waals surface area (Å²) >= 11 is 0. The first-order valence-electron chi connectivity index (χ1n) is 5.96. The zero-order valence-corrected chi connectivity index (χ0v) is 10.8. The van der Waals surface area contributed by atoms with Crippen LogP contribution in [0, 0.1) is 5.92 Å². The van der Waals surface area contributed by atoms with E-state index in [-0.39, 0.29) is 17.1 Å². The average Bonchev–Trinajstić information content (AvgIpc) is 2.47. The fraction of sp³-hybridized carbons (Fsp3) is 0.692. The molecule has 2 atom stereocenters. The Morgan fingerprint density at radius 1 is 1.41 bits per heavy atom. The van der Waals surface area contributed by atoms with Gasteiger partial charge < -0.3 is 9.84 Å². The Morgan fingerprint density at radius 3 is 2.59 bits per heavy atom. The van der Waals surface area contributed by atoms with Crippen LogP contribution in [0.2, 0.25) is 0 Å². The van der Waals surface area contributed by atoms with Gasteiger partial charge in [-0.15, -0.1) is 0 Å². The minimum Gasteiger partial charge on any atom is -0.386 e. The van der Waals surface area contributed by atoms with Crippen LogP contribution in [0.15, 0.2) is 18.6 Å². The summed E-state index contributed by atoms with van der Waals surface area (Å²) < 4.78 is 5.99. The van der Waals surface area contributed by atoms with E-state index >= 15 is 0 Å². The summed E-state index contributed by atoms with van der Waals surface area (Å²) in [5, 5.41) is 10.4. The second kappa shape index (κ2) is 4.03. The van der Waals surface area contributed by atoms with Gasteiger partial charge in [-0.2, -0.15) is 0 Å². The third-order valence-electron chi connectivity index (χ3n) is 3.43. The van der Waals surface area contributed by atoms with Crippen LogP contribution in [-0.4, -0.2) is 26.3 Å². The molecule has 0 amide bonds. The van der Waals surface area contributed by atoms with Gasteiger partial charge in [0.2, 0.25) is 0 Å². The van der Waals surface area contributed by atoms with Crippen LogP contribution in [0.1, 0.15) is 45.9 Å². The third-order valence-corrected chi connectivity index (χ3v) is 3.43. The second-order valence-corrected chi connectivity index (χ2v) is 5.85. The van der Waals surface area contributed by atoms with Crippen LogP contribution in [0.4, 0.5) is 0 Å². The summed E-state index contributed by atoms with van der Waals surface area (Å²) in [6.07, 6.45) is 3.34. The zero-order valence-electron chi connectivity index (χ0n) is 10.8. The molecule has 4 nitrogen and oxygen atoms in total. The lowest BCUT2D eigenvalue weighted by atomic mass is 9.82. The van der Waals surface area contributed by atoms with Gasteiger partial charge in [0.25, 0.3) is 0 Å². The van der Waals surface area contributed by atoms with Crippen molar-refractivity contribution < 1.29 is 9.84 Å². The standard InChI is InChI=1S/C13H20N2O2/c1-12(2)7-9(13(3,4)17-12)11(16)10-5-6-14-8-15-10/h5-6,8-9,11,16H,7H2,1-4H3. The molecule has 1 fully saturated rings. The van der Waals surface area contributed by atoms with E-state index in [1.807, 2.05) is 13.8 Å². The molecular formula is C13H20N2O2. The molecule has 17 heavy (non-hydrogen) atoms. The van der Waals surface area contributed by atoms with E-state index in [1.165, 1.54) is 6.33 Å². The first-order chi connectivity index (χ1) is 7.82. The van der Waals surface area contributed by atoms with Crippen molar-refractivity contribution in [2.45, 2.75) is 51.4 Å². The molecule has 4 heteroatoms. The molecule has 0 spiro atoms. The molecule has 0 aromatic carbocycles. The Morgan fingerprint density at radius 2 is 2.12 bits per heavy atom. The summed E-state index contributed by atoms with van der Waals surface area (Å²) in [4.78, 5) is 7.99. The molecule has 1 aromatic rings. The highest BCUT2D eigenvalue weighted by Crippen LogP contribution is 2.47. The zero-order chi connectivity index (χ0) is 12.7. The SMILES string of the molecule is CC1(C)CC(C(O)c2ccncn2)C(C)(C)O1. The molecule has 0 aliphatic carbocycles. The quantitative estimate of drug-likeness (QED) is 0.854. The van der Waals surface area contributed by atoms with E-state index < -0.39 is 6.10 Å². The molecule has 2 rings (SSSR count). The fourth-order valence-corrected chi connectivity index (χ4v) is 2.78. The third kappa shape index (κ3) is 2.48. The first kappa shape index (κ1) is 12.5. The molecule has 2 heterocycles. The molecule has 1 saturated heterocycles. The number of hydrogen-bond donors (Lipinski definition) is 1. The van der Waals surface area contributed by atoms with Crippen molar-refractivity contribution >= 4 is 0 Å². The number of nitrogens with zero attached hydrogens (tertiary/aromatic N) is 2. The maximum absolute atomic E-state index is 10.4. The smallest absolute Gasteiger partial charge is 0.115 e. The van der Waals surface area contributed by atoms with Gasteiger partial charge in [-0.25, -0.2) is 9.97 Å². The molecule has 1 N–H and O–H groups in total. The van der Waals surface area contributed by atoms with Crippen molar-refractivity contribution in [2.75, 3.05) is 0 Å². The number of rotatable bonds is 2. The number of ether oxygens (including phenoxy) is 1. The van der Waals surface area contributed by atoms with Gasteiger partial charge in [0.05, 0.1) is 16.9 Å². The van der Waals surface area contributed by atoms with E-state index in [1.54, 1.807) is 12.3 Å². The highest BCUT2D eigenvalue weighted by Gasteiger charge is 2.49. The van der Waals surface area contributed by atoms with Crippen molar-refractivity contribution in [1.29, 1.82) is 0 Å². The van der Waals surface area contributed by atoms with Gasteiger partial charge in [0.1, 0.15) is 12.4 Å². The number of hydrogen-bond acceptors (Lipinski definition) is 4. The molecule has 1 aliphatic rings. The minimum absolute atomic E-state index is 0.0485. The molecule has 0 bridgehead atoms. The van der Waals surface area contributed by atoms with Gasteiger partial charge in [0, 0.05) is 12.1 Å². The van der Waals surface area contributed by atoms with Crippen molar-refractivity contribution in [1.82, 2.24) is 9.97 Å². The van der Waals surface area contributed by atoms with Crippen LogP contribution >= 0.6 is 0 Å². The Hall–Kier alpha value is -1.00. The van der Waals surface area contributed by atoms with Crippen molar-refractivity contribution in [3.63, 3.8) is 0 Å². The van der Waals surface area contributed by atoms with E-state index in [2.05, 4.69) is 23.8 Å². The fourth-order valence-electron chi connectivity index (χ4n) is 2.78. The summed E-state index contributed by atoms with van der Waals surface area (Å²) in [5.74, 6) is 0.0485. The lowest BCUT2D eigenvalue weighted by Gasteiger charge is -2.29. The molecule has 1 aliphatic heterocycles. The topological polar surface area (TPSA) is 55.2 Å². The number of aliphatic hydroxyl groups excluding tert-OH is 1. The van der Waals surface area contributed by atoms with E-state index in [0.29, 0.717) is 5.69 Å². The van der Waals surface area contributed by atoms with E-state index in [4.69, 9.17) is 4.74 Å². The van der Waals surface area contributed by atoms with E-state index in [0.717, 1.165) is 6.42 Å². The highest BCUT2D eigenvalue weighted by molar-refractivity contribution is 5.09. The van der Waals surface area contributed by atoms with Crippen molar-refractivity contribution in [2.24, 2.45) is 5.92 Å². The lowest BCUT2D eigenvalue weighted by molar-refractivity contribution is -0.0884. The maximum atomic E-state index is 10.4. The molecule has 2 unspecified atom stereocenters. The van der Waals surface area contributed by atoms with E-state index in [9.17, 15) is 5.11 Å². The Bertz CT molecular complexity index is 390. The average molecular weight is 236 g/mol. The normalized spacial score (nSPS) is 27.9. The second-order valence-electron chi connectivity index (χ2n) is 5.85. The van der Waals surface area contributed by atoms with Gasteiger partial charge in [-0.3, -0.25) is 0 Å². The van der Waals surface area contributed by atoms with Gasteiger partial charge >= 0.3 is 0 Å². The van der Waals surface area contributed by atoms with Gasteiger partial charge in [-0.1, -0.05) is 0 Å². The Kier molecular flexibility index (Phi) is 2.96. The Balaban J connectivity index is 2.23.